The Morgan fingerprint density at radius 1 is 0.950 bits per heavy atom. The van der Waals surface area contributed by atoms with Crippen molar-refractivity contribution in [1.29, 1.82) is 0 Å². The molecule has 0 atom stereocenters. The van der Waals surface area contributed by atoms with Crippen LogP contribution in [0.25, 0.3) is 0 Å². The maximum absolute atomic E-state index is 13.3. The second kappa shape index (κ2) is 7.48. The highest BCUT2D eigenvalue weighted by atomic mass is 79.9. The summed E-state index contributed by atoms with van der Waals surface area (Å²) in [7, 11) is 0. The molecule has 1 aliphatic rings. The van der Waals surface area contributed by atoms with E-state index in [-0.39, 0.29) is 5.92 Å². The molecule has 1 aromatic rings. The Kier molecular flexibility index (Phi) is 5.94. The van der Waals surface area contributed by atoms with E-state index in [2.05, 4.69) is 15.9 Å². The zero-order chi connectivity index (χ0) is 14.5. The maximum atomic E-state index is 13.3. The number of benzene rings is 1. The van der Waals surface area contributed by atoms with Gasteiger partial charge >= 0.3 is 0 Å². The zero-order valence-electron chi connectivity index (χ0n) is 11.5. The van der Waals surface area contributed by atoms with E-state index in [4.69, 9.17) is 0 Å². The minimum Gasteiger partial charge on any atom is -0.204 e. The van der Waals surface area contributed by atoms with E-state index in [0.717, 1.165) is 49.1 Å². The molecule has 20 heavy (non-hydrogen) atoms. The molecule has 0 aliphatic heterocycles. The van der Waals surface area contributed by atoms with Crippen molar-refractivity contribution in [1.82, 2.24) is 0 Å². The normalized spacial score (nSPS) is 23.0. The molecule has 112 valence electrons. The van der Waals surface area contributed by atoms with Crippen LogP contribution in [0.15, 0.2) is 12.1 Å². The first-order valence-electron chi connectivity index (χ1n) is 7.32. The third-order valence-corrected chi connectivity index (χ3v) is 4.88. The second-order valence-corrected chi connectivity index (χ2v) is 6.49. The first-order valence-corrected chi connectivity index (χ1v) is 8.44. The van der Waals surface area contributed by atoms with E-state index in [1.165, 1.54) is 19.3 Å². The van der Waals surface area contributed by atoms with Crippen LogP contribution in [0.2, 0.25) is 0 Å². The third kappa shape index (κ3) is 4.00. The third-order valence-electron chi connectivity index (χ3n) is 4.32. The van der Waals surface area contributed by atoms with Crippen LogP contribution in [-0.2, 0) is 0 Å². The summed E-state index contributed by atoms with van der Waals surface area (Å²) in [6, 6.07) is 2.32. The lowest BCUT2D eigenvalue weighted by Gasteiger charge is -2.29. The van der Waals surface area contributed by atoms with Crippen molar-refractivity contribution in [2.24, 2.45) is 5.92 Å². The quantitative estimate of drug-likeness (QED) is 0.350. The molecule has 4 heteroatoms. The number of hydrogen-bond acceptors (Lipinski definition) is 0. The van der Waals surface area contributed by atoms with E-state index < -0.39 is 17.5 Å². The van der Waals surface area contributed by atoms with Crippen LogP contribution in [0.3, 0.4) is 0 Å². The van der Waals surface area contributed by atoms with Crippen LogP contribution >= 0.6 is 15.9 Å². The summed E-state index contributed by atoms with van der Waals surface area (Å²) in [4.78, 5) is 0. The Morgan fingerprint density at radius 2 is 1.55 bits per heavy atom. The number of alkyl halides is 1. The summed E-state index contributed by atoms with van der Waals surface area (Å²) in [5, 5.41) is 1.05. The summed E-state index contributed by atoms with van der Waals surface area (Å²) in [5.41, 5.74) is 0.611. The van der Waals surface area contributed by atoms with Crippen LogP contribution in [0.4, 0.5) is 13.2 Å². The van der Waals surface area contributed by atoms with E-state index in [1.54, 1.807) is 0 Å². The average molecular weight is 349 g/mol. The van der Waals surface area contributed by atoms with Crippen molar-refractivity contribution in [3.63, 3.8) is 0 Å². The minimum atomic E-state index is -1.36. The molecular formula is C16H20BrF3. The maximum Gasteiger partial charge on any atom is 0.194 e. The highest BCUT2D eigenvalue weighted by molar-refractivity contribution is 9.09. The highest BCUT2D eigenvalue weighted by Gasteiger charge is 2.24. The summed E-state index contributed by atoms with van der Waals surface area (Å²) < 4.78 is 39.5. The Bertz CT molecular complexity index is 416. The smallest absolute Gasteiger partial charge is 0.194 e. The molecule has 0 bridgehead atoms. The van der Waals surface area contributed by atoms with E-state index in [1.807, 2.05) is 0 Å². The SMILES string of the molecule is Fc1cc(C2CCC(CCCCBr)CC2)cc(F)c1F. The molecule has 0 N–H and O–H groups in total. The van der Waals surface area contributed by atoms with E-state index in [9.17, 15) is 13.2 Å². The Labute approximate surface area is 126 Å². The largest absolute Gasteiger partial charge is 0.204 e. The van der Waals surface area contributed by atoms with Gasteiger partial charge in [0.1, 0.15) is 0 Å². The number of unbranched alkanes of at least 4 members (excludes halogenated alkanes) is 1. The van der Waals surface area contributed by atoms with Gasteiger partial charge in [-0.25, -0.2) is 13.2 Å². The summed E-state index contributed by atoms with van der Waals surface area (Å²) in [5.74, 6) is -2.59. The second-order valence-electron chi connectivity index (χ2n) is 5.70. The molecule has 0 aromatic heterocycles. The van der Waals surface area contributed by atoms with Gasteiger partial charge in [-0.2, -0.15) is 0 Å². The van der Waals surface area contributed by atoms with Crippen molar-refractivity contribution in [3.05, 3.63) is 35.1 Å². The summed E-state index contributed by atoms with van der Waals surface area (Å²) in [6.07, 6.45) is 7.78. The summed E-state index contributed by atoms with van der Waals surface area (Å²) in [6.45, 7) is 0. The molecule has 0 radical (unpaired) electrons. The van der Waals surface area contributed by atoms with Gasteiger partial charge in [-0.1, -0.05) is 28.8 Å². The van der Waals surface area contributed by atoms with Gasteiger partial charge < -0.3 is 0 Å². The molecular weight excluding hydrogens is 329 g/mol. The summed E-state index contributed by atoms with van der Waals surface area (Å²) >= 11 is 3.43. The first-order chi connectivity index (χ1) is 9.61. The van der Waals surface area contributed by atoms with Gasteiger partial charge in [-0.15, -0.1) is 0 Å². The minimum absolute atomic E-state index is 0.173. The monoisotopic (exact) mass is 348 g/mol. The van der Waals surface area contributed by atoms with E-state index in [0.29, 0.717) is 5.56 Å². The van der Waals surface area contributed by atoms with Crippen molar-refractivity contribution in [3.8, 4) is 0 Å². The van der Waals surface area contributed by atoms with Crippen LogP contribution in [0.5, 0.6) is 0 Å². The van der Waals surface area contributed by atoms with Crippen LogP contribution < -0.4 is 0 Å². The predicted octanol–water partition coefficient (Wildman–Crippen LogP) is 5.94. The fourth-order valence-corrected chi connectivity index (χ4v) is 3.52. The molecule has 0 saturated heterocycles. The van der Waals surface area contributed by atoms with Gasteiger partial charge in [-0.3, -0.25) is 0 Å². The number of halogens is 4. The standard InChI is InChI=1S/C16H20BrF3/c17-8-2-1-3-11-4-6-12(7-5-11)13-9-14(18)16(20)15(19)10-13/h9-12H,1-8H2. The number of hydrogen-bond donors (Lipinski definition) is 0. The molecule has 1 aromatic carbocycles. The molecule has 1 aliphatic carbocycles. The number of rotatable bonds is 5. The van der Waals surface area contributed by atoms with Crippen molar-refractivity contribution in [2.75, 3.05) is 5.33 Å². The highest BCUT2D eigenvalue weighted by Crippen LogP contribution is 2.38. The molecule has 0 amide bonds. The Balaban J connectivity index is 1.90. The van der Waals surface area contributed by atoms with Gasteiger partial charge in [0, 0.05) is 5.33 Å². The molecule has 0 spiro atoms. The van der Waals surface area contributed by atoms with E-state index >= 15 is 0 Å². The lowest BCUT2D eigenvalue weighted by atomic mass is 9.77. The molecule has 1 fully saturated rings. The fraction of sp³-hybridized carbons (Fsp3) is 0.625. The van der Waals surface area contributed by atoms with Gasteiger partial charge in [0.15, 0.2) is 17.5 Å². The van der Waals surface area contributed by atoms with Gasteiger partial charge in [0.05, 0.1) is 0 Å². The first kappa shape index (κ1) is 15.9. The van der Waals surface area contributed by atoms with Gasteiger partial charge in [0.2, 0.25) is 0 Å². The lowest BCUT2D eigenvalue weighted by molar-refractivity contribution is 0.303. The predicted molar refractivity (Wildman–Crippen MR) is 78.7 cm³/mol. The zero-order valence-corrected chi connectivity index (χ0v) is 13.1. The van der Waals surface area contributed by atoms with Crippen LogP contribution in [0.1, 0.15) is 56.4 Å². The van der Waals surface area contributed by atoms with Crippen molar-refractivity contribution in [2.45, 2.75) is 50.9 Å². The van der Waals surface area contributed by atoms with Gasteiger partial charge in [-0.05, 0) is 61.6 Å². The lowest BCUT2D eigenvalue weighted by Crippen LogP contribution is -2.14. The van der Waals surface area contributed by atoms with Gasteiger partial charge in [0.25, 0.3) is 0 Å². The molecule has 0 unspecified atom stereocenters. The van der Waals surface area contributed by atoms with Crippen LogP contribution in [-0.4, -0.2) is 5.33 Å². The van der Waals surface area contributed by atoms with Crippen molar-refractivity contribution >= 4 is 15.9 Å². The molecule has 2 rings (SSSR count). The van der Waals surface area contributed by atoms with Crippen LogP contribution in [0, 0.1) is 23.4 Å². The Morgan fingerprint density at radius 3 is 2.10 bits per heavy atom. The topological polar surface area (TPSA) is 0 Å². The average Bonchev–Trinajstić information content (AvgIpc) is 2.45. The Hall–Kier alpha value is -0.510. The molecule has 0 heterocycles. The molecule has 1 saturated carbocycles. The van der Waals surface area contributed by atoms with Crippen molar-refractivity contribution < 1.29 is 13.2 Å². The fourth-order valence-electron chi connectivity index (χ4n) is 3.12. The molecule has 0 nitrogen and oxygen atoms in total.